The normalized spacial score (nSPS) is 21.4. The van der Waals surface area contributed by atoms with Gasteiger partial charge in [0.15, 0.2) is 9.84 Å². The van der Waals surface area contributed by atoms with Gasteiger partial charge in [0, 0.05) is 29.9 Å². The van der Waals surface area contributed by atoms with Crippen LogP contribution in [0.2, 0.25) is 0 Å². The first kappa shape index (κ1) is 13.6. The molecule has 3 nitrogen and oxygen atoms in total. The Labute approximate surface area is 123 Å². The van der Waals surface area contributed by atoms with Gasteiger partial charge in [-0.3, -0.25) is 4.90 Å². The van der Waals surface area contributed by atoms with E-state index >= 15 is 0 Å². The Morgan fingerprint density at radius 3 is 2.58 bits per heavy atom. The zero-order chi connectivity index (χ0) is 13.8. The van der Waals surface area contributed by atoms with Gasteiger partial charge in [-0.05, 0) is 48.9 Å². The van der Waals surface area contributed by atoms with Crippen LogP contribution in [0.3, 0.4) is 0 Å². The minimum atomic E-state index is -3.16. The smallest absolute Gasteiger partial charge is 0.175 e. The fraction of sp³-hybridized carbons (Fsp3) is 0.571. The summed E-state index contributed by atoms with van der Waals surface area (Å²) in [5.74, 6) is 0.805. The SMILES string of the molecule is C[C@@H](C1CC1)N1Cc2cc(Br)cc(S(C)(=O)=O)c2C1. The topological polar surface area (TPSA) is 37.4 Å². The number of nitrogens with zero attached hydrogens (tertiary/aromatic N) is 1. The lowest BCUT2D eigenvalue weighted by Gasteiger charge is -2.23. The average molecular weight is 344 g/mol. The van der Waals surface area contributed by atoms with Crippen LogP contribution in [0.15, 0.2) is 21.5 Å². The van der Waals surface area contributed by atoms with Gasteiger partial charge in [0.25, 0.3) is 0 Å². The molecule has 0 bridgehead atoms. The lowest BCUT2D eigenvalue weighted by atomic mass is 10.1. The van der Waals surface area contributed by atoms with E-state index in [9.17, 15) is 8.42 Å². The van der Waals surface area contributed by atoms with Crippen LogP contribution < -0.4 is 0 Å². The molecule has 19 heavy (non-hydrogen) atoms. The van der Waals surface area contributed by atoms with Crippen molar-refractivity contribution in [1.29, 1.82) is 0 Å². The molecule has 1 aliphatic heterocycles. The summed E-state index contributed by atoms with van der Waals surface area (Å²) < 4.78 is 24.7. The molecule has 1 aliphatic carbocycles. The maximum Gasteiger partial charge on any atom is 0.175 e. The number of benzene rings is 1. The van der Waals surface area contributed by atoms with Crippen LogP contribution in [0.25, 0.3) is 0 Å². The largest absolute Gasteiger partial charge is 0.292 e. The van der Waals surface area contributed by atoms with Gasteiger partial charge in [0.1, 0.15) is 0 Å². The van der Waals surface area contributed by atoms with Gasteiger partial charge in [0.2, 0.25) is 0 Å². The number of hydrogen-bond donors (Lipinski definition) is 0. The third kappa shape index (κ3) is 2.60. The van der Waals surface area contributed by atoms with Gasteiger partial charge in [-0.1, -0.05) is 15.9 Å². The van der Waals surface area contributed by atoms with Crippen LogP contribution in [0.5, 0.6) is 0 Å². The van der Waals surface area contributed by atoms with Gasteiger partial charge >= 0.3 is 0 Å². The van der Waals surface area contributed by atoms with E-state index in [4.69, 9.17) is 0 Å². The molecule has 0 N–H and O–H groups in total. The molecule has 0 aromatic heterocycles. The maximum absolute atomic E-state index is 11.9. The van der Waals surface area contributed by atoms with Crippen LogP contribution in [-0.2, 0) is 22.9 Å². The summed E-state index contributed by atoms with van der Waals surface area (Å²) >= 11 is 3.42. The van der Waals surface area contributed by atoms with Crippen LogP contribution in [0, 0.1) is 5.92 Å². The Morgan fingerprint density at radius 2 is 2.00 bits per heavy atom. The van der Waals surface area contributed by atoms with Crippen LogP contribution in [0.4, 0.5) is 0 Å². The molecule has 0 unspecified atom stereocenters. The number of hydrogen-bond acceptors (Lipinski definition) is 3. The number of halogens is 1. The van der Waals surface area contributed by atoms with Crippen molar-refractivity contribution in [1.82, 2.24) is 4.90 Å². The molecule has 1 aromatic rings. The van der Waals surface area contributed by atoms with Crippen molar-refractivity contribution in [2.24, 2.45) is 5.92 Å². The first-order valence-corrected chi connectivity index (χ1v) is 9.30. The van der Waals surface area contributed by atoms with Crippen molar-refractivity contribution in [3.05, 3.63) is 27.7 Å². The van der Waals surface area contributed by atoms with Gasteiger partial charge in [-0.15, -0.1) is 0 Å². The Bertz CT molecular complexity index is 623. The molecule has 1 heterocycles. The molecular weight excluding hydrogens is 326 g/mol. The summed E-state index contributed by atoms with van der Waals surface area (Å²) in [6.45, 7) is 3.90. The van der Waals surface area contributed by atoms with Gasteiger partial charge in [-0.2, -0.15) is 0 Å². The maximum atomic E-state index is 11.9. The molecule has 3 rings (SSSR count). The second-order valence-electron chi connectivity index (χ2n) is 5.80. The van der Waals surface area contributed by atoms with Crippen molar-refractivity contribution in [2.75, 3.05) is 6.26 Å². The van der Waals surface area contributed by atoms with E-state index in [-0.39, 0.29) is 0 Å². The third-order valence-electron chi connectivity index (χ3n) is 4.28. The summed E-state index contributed by atoms with van der Waals surface area (Å²) in [6, 6.07) is 4.35. The molecule has 1 fully saturated rings. The molecule has 1 atom stereocenters. The molecule has 1 saturated carbocycles. The molecule has 0 amide bonds. The van der Waals surface area contributed by atoms with Crippen LogP contribution >= 0.6 is 15.9 Å². The monoisotopic (exact) mass is 343 g/mol. The minimum Gasteiger partial charge on any atom is -0.292 e. The summed E-state index contributed by atoms with van der Waals surface area (Å²) in [4.78, 5) is 2.89. The zero-order valence-corrected chi connectivity index (χ0v) is 13.6. The highest BCUT2D eigenvalue weighted by molar-refractivity contribution is 9.10. The summed E-state index contributed by atoms with van der Waals surface area (Å²) in [5, 5.41) is 0. The van der Waals surface area contributed by atoms with E-state index < -0.39 is 9.84 Å². The first-order valence-electron chi connectivity index (χ1n) is 6.61. The van der Waals surface area contributed by atoms with Crippen molar-refractivity contribution >= 4 is 25.8 Å². The van der Waals surface area contributed by atoms with E-state index in [1.54, 1.807) is 6.07 Å². The van der Waals surface area contributed by atoms with E-state index in [1.807, 2.05) is 0 Å². The quantitative estimate of drug-likeness (QED) is 0.846. The fourth-order valence-electron chi connectivity index (χ4n) is 2.96. The lowest BCUT2D eigenvalue weighted by molar-refractivity contribution is 0.192. The van der Waals surface area contributed by atoms with E-state index in [2.05, 4.69) is 33.8 Å². The Kier molecular flexibility index (Phi) is 3.27. The number of sulfone groups is 1. The Morgan fingerprint density at radius 1 is 1.32 bits per heavy atom. The second-order valence-corrected chi connectivity index (χ2v) is 8.70. The molecule has 0 spiro atoms. The highest BCUT2D eigenvalue weighted by Gasteiger charge is 2.36. The molecule has 5 heteroatoms. The van der Waals surface area contributed by atoms with Crippen molar-refractivity contribution < 1.29 is 8.42 Å². The van der Waals surface area contributed by atoms with Gasteiger partial charge < -0.3 is 0 Å². The fourth-order valence-corrected chi connectivity index (χ4v) is 4.60. The summed E-state index contributed by atoms with van der Waals surface area (Å²) in [7, 11) is -3.16. The number of fused-ring (bicyclic) bond motifs is 1. The highest BCUT2D eigenvalue weighted by atomic mass is 79.9. The third-order valence-corrected chi connectivity index (χ3v) is 5.90. The minimum absolute atomic E-state index is 0.488. The van der Waals surface area contributed by atoms with E-state index in [1.165, 1.54) is 19.1 Å². The first-order chi connectivity index (χ1) is 8.86. The molecule has 0 saturated heterocycles. The van der Waals surface area contributed by atoms with Crippen molar-refractivity contribution in [3.8, 4) is 0 Å². The summed E-state index contributed by atoms with van der Waals surface area (Å²) in [5.41, 5.74) is 2.15. The Balaban J connectivity index is 1.98. The van der Waals surface area contributed by atoms with E-state index in [0.29, 0.717) is 10.9 Å². The summed E-state index contributed by atoms with van der Waals surface area (Å²) in [6.07, 6.45) is 3.93. The second kappa shape index (κ2) is 4.57. The number of rotatable bonds is 3. The predicted octanol–water partition coefficient (Wildman–Crippen LogP) is 2.97. The van der Waals surface area contributed by atoms with Crippen LogP contribution in [-0.4, -0.2) is 25.6 Å². The van der Waals surface area contributed by atoms with Crippen molar-refractivity contribution in [2.45, 2.75) is 43.8 Å². The van der Waals surface area contributed by atoms with Gasteiger partial charge in [-0.25, -0.2) is 8.42 Å². The predicted molar refractivity (Wildman–Crippen MR) is 78.7 cm³/mol. The molecule has 0 radical (unpaired) electrons. The molecule has 104 valence electrons. The highest BCUT2D eigenvalue weighted by Crippen LogP contribution is 2.40. The average Bonchev–Trinajstić information content (AvgIpc) is 3.06. The van der Waals surface area contributed by atoms with Gasteiger partial charge in [0.05, 0.1) is 4.90 Å². The Hall–Kier alpha value is -0.390. The van der Waals surface area contributed by atoms with E-state index in [0.717, 1.165) is 34.6 Å². The lowest BCUT2D eigenvalue weighted by Crippen LogP contribution is -2.29. The molecular formula is C14H18BrNO2S. The zero-order valence-electron chi connectivity index (χ0n) is 11.2. The van der Waals surface area contributed by atoms with Crippen LogP contribution in [0.1, 0.15) is 30.9 Å². The standard InChI is InChI=1S/C14H18BrNO2S/c1-9(10-3-4-10)16-7-11-5-12(15)6-14(13(11)8-16)19(2,17)18/h5-6,9-10H,3-4,7-8H2,1-2H3/t9-/m0/s1. The molecule has 2 aliphatic rings. The van der Waals surface area contributed by atoms with Crippen molar-refractivity contribution in [3.63, 3.8) is 0 Å². The molecule has 1 aromatic carbocycles.